The molecule has 5 nitrogen and oxygen atoms in total. The van der Waals surface area contributed by atoms with E-state index in [0.717, 1.165) is 0 Å². The molecule has 12 heavy (non-hydrogen) atoms. The number of hydrogen-bond donors (Lipinski definition) is 3. The summed E-state index contributed by atoms with van der Waals surface area (Å²) in [6.45, 7) is 0. The Morgan fingerprint density at radius 1 is 1.50 bits per heavy atom. The van der Waals surface area contributed by atoms with E-state index in [-0.39, 0.29) is 96.6 Å². The third-order valence-electron chi connectivity index (χ3n) is 1.02. The van der Waals surface area contributed by atoms with Crippen molar-refractivity contribution in [2.75, 3.05) is 0 Å². The fraction of sp³-hybridized carbons (Fsp3) is 0.600. The summed E-state index contributed by atoms with van der Waals surface area (Å²) >= 11 is 0. The number of primary amides is 1. The first kappa shape index (κ1) is 19.2. The van der Waals surface area contributed by atoms with Crippen molar-refractivity contribution in [1.29, 1.82) is 0 Å². The SMILES string of the molecule is NC(=O)CC[C@H](N)C(=O)O.[H-].[H-].[K+].[Na+]. The van der Waals surface area contributed by atoms with E-state index in [2.05, 4.69) is 0 Å². The van der Waals surface area contributed by atoms with Crippen molar-refractivity contribution in [3.05, 3.63) is 0 Å². The number of carbonyl (C=O) groups excluding carboxylic acids is 1. The Bertz CT molecular complexity index is 164. The molecule has 0 spiro atoms. The Hall–Kier alpha value is 1.54. The van der Waals surface area contributed by atoms with Gasteiger partial charge in [0.1, 0.15) is 6.04 Å². The number of amides is 1. The molecule has 0 fully saturated rings. The minimum Gasteiger partial charge on any atom is -1.00 e. The summed E-state index contributed by atoms with van der Waals surface area (Å²) < 4.78 is 0. The monoisotopic (exact) mass is 210 g/mol. The molecule has 0 aromatic carbocycles. The van der Waals surface area contributed by atoms with Crippen molar-refractivity contribution >= 4 is 11.9 Å². The molecule has 0 aromatic rings. The van der Waals surface area contributed by atoms with Crippen LogP contribution in [0.15, 0.2) is 0 Å². The number of nitrogens with two attached hydrogens (primary N) is 2. The first-order valence-electron chi connectivity index (χ1n) is 2.80. The molecule has 0 bridgehead atoms. The smallest absolute Gasteiger partial charge is 1.00 e. The third kappa shape index (κ3) is 11.5. The van der Waals surface area contributed by atoms with Crippen LogP contribution in [0.3, 0.4) is 0 Å². The zero-order valence-corrected chi connectivity index (χ0v) is 12.5. The summed E-state index contributed by atoms with van der Waals surface area (Å²) in [5.41, 5.74) is 9.81. The summed E-state index contributed by atoms with van der Waals surface area (Å²) in [7, 11) is 0. The molecule has 1 atom stereocenters. The second-order valence-electron chi connectivity index (χ2n) is 1.95. The number of carboxylic acids is 1. The fourth-order valence-corrected chi connectivity index (χ4v) is 0.421. The van der Waals surface area contributed by atoms with Crippen LogP contribution in [-0.2, 0) is 9.59 Å². The van der Waals surface area contributed by atoms with Crippen molar-refractivity contribution in [3.63, 3.8) is 0 Å². The van der Waals surface area contributed by atoms with Gasteiger partial charge in [0.2, 0.25) is 5.91 Å². The molecular weight excluding hydrogens is 198 g/mol. The zero-order valence-electron chi connectivity index (χ0n) is 9.41. The fourth-order valence-electron chi connectivity index (χ4n) is 0.421. The summed E-state index contributed by atoms with van der Waals surface area (Å²) in [4.78, 5) is 20.1. The van der Waals surface area contributed by atoms with Crippen LogP contribution in [0.25, 0.3) is 0 Å². The quantitative estimate of drug-likeness (QED) is 0.401. The summed E-state index contributed by atoms with van der Waals surface area (Å²) in [6.07, 6.45) is 0.123. The average molecular weight is 210 g/mol. The minimum absolute atomic E-state index is 0. The molecule has 0 aliphatic rings. The molecular formula is C5H12KN2NaO3. The molecule has 0 saturated heterocycles. The normalized spacial score (nSPS) is 10.4. The topological polar surface area (TPSA) is 106 Å². The Labute approximate surface area is 138 Å². The molecule has 5 N–H and O–H groups in total. The van der Waals surface area contributed by atoms with Crippen LogP contribution in [0, 0.1) is 0 Å². The predicted molar refractivity (Wildman–Crippen MR) is 36.3 cm³/mol. The van der Waals surface area contributed by atoms with Gasteiger partial charge in [-0.25, -0.2) is 0 Å². The van der Waals surface area contributed by atoms with Gasteiger partial charge in [0, 0.05) is 6.42 Å². The molecule has 62 valence electrons. The maximum absolute atomic E-state index is 10.1. The first-order chi connectivity index (χ1) is 4.54. The second-order valence-corrected chi connectivity index (χ2v) is 1.95. The van der Waals surface area contributed by atoms with Gasteiger partial charge in [-0.15, -0.1) is 0 Å². The van der Waals surface area contributed by atoms with E-state index in [4.69, 9.17) is 16.6 Å². The van der Waals surface area contributed by atoms with E-state index in [1.807, 2.05) is 0 Å². The van der Waals surface area contributed by atoms with Gasteiger partial charge in [-0.2, -0.15) is 0 Å². The number of carboxylic acid groups (broad SMARTS) is 1. The van der Waals surface area contributed by atoms with Crippen molar-refractivity contribution in [1.82, 2.24) is 0 Å². The van der Waals surface area contributed by atoms with Gasteiger partial charge in [0.15, 0.2) is 0 Å². The zero-order chi connectivity index (χ0) is 8.15. The number of carbonyl (C=O) groups is 2. The van der Waals surface area contributed by atoms with E-state index < -0.39 is 17.9 Å². The van der Waals surface area contributed by atoms with Gasteiger partial charge in [-0.1, -0.05) is 0 Å². The van der Waals surface area contributed by atoms with Crippen molar-refractivity contribution in [3.8, 4) is 0 Å². The van der Waals surface area contributed by atoms with Crippen molar-refractivity contribution in [2.45, 2.75) is 18.9 Å². The number of rotatable bonds is 4. The van der Waals surface area contributed by atoms with Crippen LogP contribution < -0.4 is 92.4 Å². The standard InChI is InChI=1S/C5H10N2O3.K.Na.2H/c6-3(5(9)10)1-2-4(7)8;;;;/h3H,1-2,6H2,(H2,7,8)(H,9,10);;;;/q;2*+1;2*-1/t3-;;;;/m0..../s1. The molecule has 0 saturated carbocycles. The second kappa shape index (κ2) is 10.6. The van der Waals surface area contributed by atoms with E-state index in [1.54, 1.807) is 0 Å². The Morgan fingerprint density at radius 2 is 1.92 bits per heavy atom. The average Bonchev–Trinajstić information content (AvgIpc) is 1.82. The molecule has 0 radical (unpaired) electrons. The minimum atomic E-state index is -1.11. The molecule has 0 aliphatic carbocycles. The Balaban J connectivity index is -0.0000000675. The molecule has 0 rings (SSSR count). The van der Waals surface area contributed by atoms with Gasteiger partial charge in [-0.05, 0) is 6.42 Å². The number of hydrogen-bond acceptors (Lipinski definition) is 3. The van der Waals surface area contributed by atoms with Gasteiger partial charge in [0.25, 0.3) is 0 Å². The largest absolute Gasteiger partial charge is 1.00 e. The van der Waals surface area contributed by atoms with Gasteiger partial charge in [0.05, 0.1) is 0 Å². The Morgan fingerprint density at radius 3 is 2.17 bits per heavy atom. The molecule has 0 heterocycles. The molecule has 0 aliphatic heterocycles. The summed E-state index contributed by atoms with van der Waals surface area (Å²) in [5.74, 6) is -1.64. The van der Waals surface area contributed by atoms with E-state index in [0.29, 0.717) is 0 Å². The molecule has 0 aromatic heterocycles. The van der Waals surface area contributed by atoms with Crippen LogP contribution in [-0.4, -0.2) is 23.0 Å². The van der Waals surface area contributed by atoms with Crippen molar-refractivity contribution in [2.24, 2.45) is 11.5 Å². The van der Waals surface area contributed by atoms with Gasteiger partial charge in [-0.3, -0.25) is 9.59 Å². The molecule has 1 amide bonds. The maximum atomic E-state index is 10.1. The third-order valence-corrected chi connectivity index (χ3v) is 1.02. The van der Waals surface area contributed by atoms with Gasteiger partial charge < -0.3 is 19.4 Å². The van der Waals surface area contributed by atoms with Crippen molar-refractivity contribution < 1.29 is 98.5 Å². The molecule has 0 unspecified atom stereocenters. The van der Waals surface area contributed by atoms with E-state index in [9.17, 15) is 9.59 Å². The summed E-state index contributed by atoms with van der Waals surface area (Å²) in [6, 6.07) is -0.979. The van der Waals surface area contributed by atoms with Crippen LogP contribution in [0.1, 0.15) is 15.7 Å². The predicted octanol–water partition coefficient (Wildman–Crippen LogP) is -7.10. The summed E-state index contributed by atoms with van der Waals surface area (Å²) in [5, 5.41) is 8.22. The van der Waals surface area contributed by atoms with Crippen LogP contribution in [0.5, 0.6) is 0 Å². The van der Waals surface area contributed by atoms with Crippen LogP contribution in [0.4, 0.5) is 0 Å². The first-order valence-corrected chi connectivity index (χ1v) is 2.80. The van der Waals surface area contributed by atoms with E-state index >= 15 is 0 Å². The molecule has 7 heteroatoms. The van der Waals surface area contributed by atoms with E-state index in [1.165, 1.54) is 0 Å². The van der Waals surface area contributed by atoms with Gasteiger partial charge >= 0.3 is 86.9 Å². The maximum Gasteiger partial charge on any atom is 1.00 e. The Kier molecular flexibility index (Phi) is 17.0. The van der Waals surface area contributed by atoms with Crippen LogP contribution >= 0.6 is 0 Å². The number of aliphatic carboxylic acids is 1. The van der Waals surface area contributed by atoms with Crippen LogP contribution in [0.2, 0.25) is 0 Å².